The molecule has 1 aliphatic rings. The van der Waals surface area contributed by atoms with E-state index in [1.54, 1.807) is 6.08 Å². The van der Waals surface area contributed by atoms with Crippen molar-refractivity contribution in [2.45, 2.75) is 53.8 Å². The molecule has 0 aromatic heterocycles. The van der Waals surface area contributed by atoms with Gasteiger partial charge in [0.05, 0.1) is 0 Å². The number of hydrogen-bond acceptors (Lipinski definition) is 2. The van der Waals surface area contributed by atoms with Gasteiger partial charge in [-0.25, -0.2) is 0 Å². The molecule has 1 aliphatic carbocycles. The molecule has 0 atom stereocenters. The van der Waals surface area contributed by atoms with Crippen molar-refractivity contribution in [3.05, 3.63) is 23.3 Å². The van der Waals surface area contributed by atoms with Crippen LogP contribution < -0.4 is 0 Å². The van der Waals surface area contributed by atoms with Crippen LogP contribution in [0.5, 0.6) is 0 Å². The Balaban J connectivity index is 3.19. The maximum Gasteiger partial charge on any atom is 0.187 e. The first kappa shape index (κ1) is 13.5. The summed E-state index contributed by atoms with van der Waals surface area (Å²) in [4.78, 5) is 0. The lowest BCUT2D eigenvalue weighted by molar-refractivity contribution is -0.120. The Morgan fingerprint density at radius 1 is 1.00 bits per heavy atom. The van der Waals surface area contributed by atoms with Crippen LogP contribution in [-0.2, 0) is 0 Å². The summed E-state index contributed by atoms with van der Waals surface area (Å²) in [5.41, 5.74) is 1.99. The van der Waals surface area contributed by atoms with Crippen LogP contribution in [0, 0.1) is 10.8 Å². The molecule has 1 rings (SSSR count). The minimum atomic E-state index is -1.69. The van der Waals surface area contributed by atoms with Crippen LogP contribution in [0.1, 0.15) is 48.0 Å². The summed E-state index contributed by atoms with van der Waals surface area (Å²) in [6, 6.07) is 0. The van der Waals surface area contributed by atoms with Crippen LogP contribution in [0.2, 0.25) is 0 Å². The molecule has 0 radical (unpaired) electrons. The van der Waals surface area contributed by atoms with Gasteiger partial charge in [0.15, 0.2) is 5.79 Å². The fourth-order valence-corrected chi connectivity index (χ4v) is 1.78. The van der Waals surface area contributed by atoms with Gasteiger partial charge in [-0.05, 0) is 22.5 Å². The Kier molecular flexibility index (Phi) is 3.12. The van der Waals surface area contributed by atoms with Gasteiger partial charge in [0.1, 0.15) is 0 Å². The predicted octanol–water partition coefficient (Wildman–Crippen LogP) is 3.02. The average Bonchev–Trinajstić information content (AvgIpc) is 1.97. The first-order chi connectivity index (χ1) is 6.92. The molecule has 2 nitrogen and oxygen atoms in total. The van der Waals surface area contributed by atoms with Crippen molar-refractivity contribution in [3.63, 3.8) is 0 Å². The van der Waals surface area contributed by atoms with Crippen LogP contribution in [0.25, 0.3) is 0 Å². The zero-order chi connectivity index (χ0) is 12.8. The van der Waals surface area contributed by atoms with Gasteiger partial charge in [0.2, 0.25) is 0 Å². The molecule has 0 unspecified atom stereocenters. The summed E-state index contributed by atoms with van der Waals surface area (Å²) in [6.45, 7) is 12.5. The molecule has 0 amide bonds. The molecule has 0 spiro atoms. The van der Waals surface area contributed by atoms with Crippen molar-refractivity contribution in [1.82, 2.24) is 0 Å². The number of aliphatic hydroxyl groups is 2. The van der Waals surface area contributed by atoms with Crippen molar-refractivity contribution in [1.29, 1.82) is 0 Å². The third-order valence-electron chi connectivity index (χ3n) is 3.00. The van der Waals surface area contributed by atoms with E-state index in [9.17, 15) is 10.2 Å². The maximum atomic E-state index is 9.88. The molecule has 0 aromatic carbocycles. The normalized spacial score (nSPS) is 21.5. The van der Waals surface area contributed by atoms with E-state index in [0.29, 0.717) is 6.42 Å². The van der Waals surface area contributed by atoms with Gasteiger partial charge in [-0.2, -0.15) is 0 Å². The van der Waals surface area contributed by atoms with Gasteiger partial charge in [-0.1, -0.05) is 53.2 Å². The lowest BCUT2D eigenvalue weighted by Crippen LogP contribution is -2.33. The van der Waals surface area contributed by atoms with Crippen molar-refractivity contribution < 1.29 is 10.2 Å². The van der Waals surface area contributed by atoms with Gasteiger partial charge in [-0.3, -0.25) is 0 Å². The monoisotopic (exact) mass is 224 g/mol. The highest BCUT2D eigenvalue weighted by Crippen LogP contribution is 2.40. The van der Waals surface area contributed by atoms with Crippen molar-refractivity contribution in [2.75, 3.05) is 0 Å². The Morgan fingerprint density at radius 3 is 1.88 bits per heavy atom. The first-order valence-electron chi connectivity index (χ1n) is 5.81. The highest BCUT2D eigenvalue weighted by atomic mass is 16.5. The summed E-state index contributed by atoms with van der Waals surface area (Å²) in [6.07, 6.45) is 3.99. The van der Waals surface area contributed by atoms with E-state index in [1.807, 2.05) is 0 Å². The SMILES string of the molecule is CC(C)(C)C1=CC(O)(O)CC(C(C)(C)C)=C1. The van der Waals surface area contributed by atoms with Crippen molar-refractivity contribution in [3.8, 4) is 0 Å². The van der Waals surface area contributed by atoms with Crippen LogP contribution in [0.3, 0.4) is 0 Å². The fraction of sp³-hybridized carbons (Fsp3) is 0.714. The summed E-state index contributed by atoms with van der Waals surface area (Å²) in [5, 5.41) is 19.8. The minimum Gasteiger partial charge on any atom is -0.362 e. The van der Waals surface area contributed by atoms with E-state index in [0.717, 1.165) is 11.1 Å². The topological polar surface area (TPSA) is 40.5 Å². The maximum absolute atomic E-state index is 9.88. The van der Waals surface area contributed by atoms with Crippen molar-refractivity contribution in [2.24, 2.45) is 10.8 Å². The second kappa shape index (κ2) is 3.71. The summed E-state index contributed by atoms with van der Waals surface area (Å²) < 4.78 is 0. The Labute approximate surface area is 98.7 Å². The molecule has 2 heteroatoms. The predicted molar refractivity (Wildman–Crippen MR) is 66.9 cm³/mol. The quantitative estimate of drug-likeness (QED) is 0.621. The van der Waals surface area contributed by atoms with Gasteiger partial charge >= 0.3 is 0 Å². The molecule has 0 bridgehead atoms. The summed E-state index contributed by atoms with van der Waals surface area (Å²) in [7, 11) is 0. The highest BCUT2D eigenvalue weighted by molar-refractivity contribution is 5.37. The van der Waals surface area contributed by atoms with Crippen LogP contribution in [-0.4, -0.2) is 16.0 Å². The lowest BCUT2D eigenvalue weighted by Gasteiger charge is -2.35. The molecule has 2 N–H and O–H groups in total. The first-order valence-corrected chi connectivity index (χ1v) is 5.81. The Bertz CT molecular complexity index is 333. The number of rotatable bonds is 0. The molecule has 0 fully saturated rings. The van der Waals surface area contributed by atoms with Gasteiger partial charge in [0, 0.05) is 6.42 Å². The number of allylic oxidation sites excluding steroid dienone is 2. The van der Waals surface area contributed by atoms with Gasteiger partial charge in [-0.15, -0.1) is 0 Å². The Morgan fingerprint density at radius 2 is 1.50 bits per heavy atom. The molecular formula is C14H24O2. The molecule has 0 saturated heterocycles. The molecule has 0 aromatic rings. The molecule has 0 saturated carbocycles. The average molecular weight is 224 g/mol. The third kappa shape index (κ3) is 3.19. The summed E-state index contributed by atoms with van der Waals surface area (Å²) in [5.74, 6) is -1.69. The van der Waals surface area contributed by atoms with Crippen LogP contribution >= 0.6 is 0 Å². The molecule has 92 valence electrons. The lowest BCUT2D eigenvalue weighted by atomic mass is 9.74. The van der Waals surface area contributed by atoms with Crippen LogP contribution in [0.4, 0.5) is 0 Å². The number of hydrogen-bond donors (Lipinski definition) is 2. The molecule has 0 heterocycles. The van der Waals surface area contributed by atoms with Crippen molar-refractivity contribution >= 4 is 0 Å². The van der Waals surface area contributed by atoms with E-state index >= 15 is 0 Å². The minimum absolute atomic E-state index is 0.0263. The smallest absolute Gasteiger partial charge is 0.187 e. The zero-order valence-corrected chi connectivity index (χ0v) is 11.3. The van der Waals surface area contributed by atoms with E-state index < -0.39 is 5.79 Å². The van der Waals surface area contributed by atoms with E-state index in [2.05, 4.69) is 47.6 Å². The molecule has 0 aliphatic heterocycles. The zero-order valence-electron chi connectivity index (χ0n) is 11.3. The highest BCUT2D eigenvalue weighted by Gasteiger charge is 2.34. The second-order valence-electron chi connectivity index (χ2n) is 6.82. The standard InChI is InChI=1S/C14H24O2/c1-12(2,3)10-7-11(13(4,5)6)9-14(15,16)8-10/h7-8,15-16H,9H2,1-6H3. The molecule has 16 heavy (non-hydrogen) atoms. The third-order valence-corrected chi connectivity index (χ3v) is 3.00. The largest absolute Gasteiger partial charge is 0.362 e. The van der Waals surface area contributed by atoms with E-state index in [-0.39, 0.29) is 10.8 Å². The second-order valence-corrected chi connectivity index (χ2v) is 6.82. The van der Waals surface area contributed by atoms with E-state index in [4.69, 9.17) is 0 Å². The Hall–Kier alpha value is -0.600. The van der Waals surface area contributed by atoms with E-state index in [1.165, 1.54) is 0 Å². The molecular weight excluding hydrogens is 200 g/mol. The fourth-order valence-electron chi connectivity index (χ4n) is 1.78. The summed E-state index contributed by atoms with van der Waals surface area (Å²) >= 11 is 0. The van der Waals surface area contributed by atoms with Gasteiger partial charge in [0.25, 0.3) is 0 Å². The van der Waals surface area contributed by atoms with Crippen LogP contribution in [0.15, 0.2) is 23.3 Å². The van der Waals surface area contributed by atoms with Gasteiger partial charge < -0.3 is 10.2 Å².